The van der Waals surface area contributed by atoms with E-state index in [4.69, 9.17) is 0 Å². The summed E-state index contributed by atoms with van der Waals surface area (Å²) < 4.78 is 53.2. The fraction of sp³-hybridized carbons (Fsp3) is 0.286. The molecule has 1 aromatic carbocycles. The second-order valence-electron chi connectivity index (χ2n) is 7.88. The van der Waals surface area contributed by atoms with Crippen molar-refractivity contribution in [1.82, 2.24) is 20.2 Å². The SMILES string of the molecule is O=C(Cc1cc(F)cc(C(F)(F)F)c1)Nc1nnc(NC2CCN(c3nc4ncccc4s3)C2)s1. The molecule has 1 aliphatic heterocycles. The maximum atomic E-state index is 13.6. The number of hydrogen-bond donors (Lipinski definition) is 2. The topological polar surface area (TPSA) is 95.9 Å². The quantitative estimate of drug-likeness (QED) is 0.358. The van der Waals surface area contributed by atoms with Crippen LogP contribution in [-0.2, 0) is 17.4 Å². The summed E-state index contributed by atoms with van der Waals surface area (Å²) in [6.07, 6.45) is -2.57. The Morgan fingerprint density at radius 3 is 2.80 bits per heavy atom. The van der Waals surface area contributed by atoms with Crippen LogP contribution in [0.4, 0.5) is 33.0 Å². The minimum Gasteiger partial charge on any atom is -0.355 e. The first-order valence-corrected chi connectivity index (χ1v) is 12.1. The van der Waals surface area contributed by atoms with Crippen molar-refractivity contribution < 1.29 is 22.4 Å². The maximum absolute atomic E-state index is 13.6. The zero-order valence-corrected chi connectivity index (χ0v) is 19.5. The van der Waals surface area contributed by atoms with Gasteiger partial charge in [-0.1, -0.05) is 22.7 Å². The molecule has 0 bridgehead atoms. The van der Waals surface area contributed by atoms with Crippen molar-refractivity contribution in [2.24, 2.45) is 0 Å². The zero-order chi connectivity index (χ0) is 24.6. The number of rotatable bonds is 6. The van der Waals surface area contributed by atoms with Gasteiger partial charge in [0, 0.05) is 25.3 Å². The minimum atomic E-state index is -4.70. The van der Waals surface area contributed by atoms with Crippen LogP contribution in [-0.4, -0.2) is 45.2 Å². The number of hydrogen-bond acceptors (Lipinski definition) is 9. The van der Waals surface area contributed by atoms with Gasteiger partial charge in [-0.05, 0) is 42.3 Å². The molecule has 5 rings (SSSR count). The van der Waals surface area contributed by atoms with Gasteiger partial charge in [0.15, 0.2) is 10.8 Å². The number of thiazole rings is 1. The molecule has 1 saturated heterocycles. The molecule has 1 atom stereocenters. The Balaban J connectivity index is 1.16. The summed E-state index contributed by atoms with van der Waals surface area (Å²) in [4.78, 5) is 23.3. The van der Waals surface area contributed by atoms with Crippen LogP contribution in [0.5, 0.6) is 0 Å². The lowest BCUT2D eigenvalue weighted by Crippen LogP contribution is -2.25. The van der Waals surface area contributed by atoms with Gasteiger partial charge in [0.2, 0.25) is 16.2 Å². The van der Waals surface area contributed by atoms with E-state index in [2.05, 4.69) is 35.7 Å². The third kappa shape index (κ3) is 5.48. The average molecular weight is 524 g/mol. The van der Waals surface area contributed by atoms with E-state index >= 15 is 0 Å². The molecule has 1 fully saturated rings. The van der Waals surface area contributed by atoms with Crippen LogP contribution in [0.2, 0.25) is 0 Å². The highest BCUT2D eigenvalue weighted by atomic mass is 32.1. The molecule has 0 radical (unpaired) electrons. The number of alkyl halides is 3. The summed E-state index contributed by atoms with van der Waals surface area (Å²) in [6.45, 7) is 1.52. The van der Waals surface area contributed by atoms with Gasteiger partial charge in [-0.15, -0.1) is 10.2 Å². The number of benzene rings is 1. The molecule has 35 heavy (non-hydrogen) atoms. The number of carbonyl (C=O) groups excluding carboxylic acids is 1. The molecule has 0 aliphatic carbocycles. The number of carbonyl (C=O) groups is 1. The molecule has 3 aromatic heterocycles. The molecule has 4 heterocycles. The van der Waals surface area contributed by atoms with E-state index in [1.165, 1.54) is 0 Å². The fourth-order valence-corrected chi connectivity index (χ4v) is 5.41. The van der Waals surface area contributed by atoms with Gasteiger partial charge < -0.3 is 15.5 Å². The number of nitrogens with one attached hydrogen (secondary N) is 2. The van der Waals surface area contributed by atoms with Gasteiger partial charge in [-0.3, -0.25) is 4.79 Å². The van der Waals surface area contributed by atoms with Crippen molar-refractivity contribution >= 4 is 54.3 Å². The van der Waals surface area contributed by atoms with E-state index < -0.39 is 29.9 Å². The van der Waals surface area contributed by atoms with E-state index in [-0.39, 0.29) is 16.7 Å². The predicted molar refractivity (Wildman–Crippen MR) is 125 cm³/mol. The van der Waals surface area contributed by atoms with E-state index in [9.17, 15) is 22.4 Å². The van der Waals surface area contributed by atoms with E-state index in [0.29, 0.717) is 17.7 Å². The molecule has 2 N–H and O–H groups in total. The number of aromatic nitrogens is 4. The molecule has 0 spiro atoms. The fourth-order valence-electron chi connectivity index (χ4n) is 3.72. The number of nitrogens with zero attached hydrogens (tertiary/aromatic N) is 5. The number of amides is 1. The first-order valence-electron chi connectivity index (χ1n) is 10.5. The van der Waals surface area contributed by atoms with Crippen LogP contribution in [0.3, 0.4) is 0 Å². The number of halogens is 4. The standard InChI is InChI=1S/C21H17F4N7OS2/c22-13-7-11(6-12(9-13)21(23,24)25)8-16(33)28-19-31-30-18(35-19)27-14-3-5-32(10-14)20-29-17-15(34-20)2-1-4-26-17/h1-2,4,6-7,9,14H,3,5,8,10H2,(H,27,30)(H,28,31,33). The zero-order valence-electron chi connectivity index (χ0n) is 17.8. The molecular weight excluding hydrogens is 506 g/mol. The molecule has 1 amide bonds. The number of anilines is 3. The Hall–Kier alpha value is -3.39. The molecule has 4 aromatic rings. The van der Waals surface area contributed by atoms with Gasteiger partial charge in [0.1, 0.15) is 5.82 Å². The summed E-state index contributed by atoms with van der Waals surface area (Å²) >= 11 is 2.69. The highest BCUT2D eigenvalue weighted by Gasteiger charge is 2.31. The Morgan fingerprint density at radius 2 is 2.00 bits per heavy atom. The average Bonchev–Trinajstić information content (AvgIpc) is 3.52. The monoisotopic (exact) mass is 523 g/mol. The first kappa shape index (κ1) is 23.4. The van der Waals surface area contributed by atoms with Crippen LogP contribution in [0, 0.1) is 5.82 Å². The smallest absolute Gasteiger partial charge is 0.355 e. The molecule has 8 nitrogen and oxygen atoms in total. The Bertz CT molecular complexity index is 1340. The van der Waals surface area contributed by atoms with Crippen LogP contribution in [0.15, 0.2) is 36.5 Å². The van der Waals surface area contributed by atoms with E-state index in [1.54, 1.807) is 17.5 Å². The number of fused-ring (bicyclic) bond motifs is 1. The third-order valence-corrected chi connectivity index (χ3v) is 7.10. The van der Waals surface area contributed by atoms with Crippen molar-refractivity contribution in [3.8, 4) is 0 Å². The predicted octanol–water partition coefficient (Wildman–Crippen LogP) is 4.57. The minimum absolute atomic E-state index is 0.0891. The normalized spacial score (nSPS) is 16.1. The lowest BCUT2D eigenvalue weighted by atomic mass is 10.1. The van der Waals surface area contributed by atoms with Crippen LogP contribution >= 0.6 is 22.7 Å². The van der Waals surface area contributed by atoms with Gasteiger partial charge in [0.05, 0.1) is 16.7 Å². The van der Waals surface area contributed by atoms with Crippen molar-refractivity contribution in [2.45, 2.75) is 25.1 Å². The molecule has 14 heteroatoms. The molecular formula is C21H17F4N7OS2. The second kappa shape index (κ2) is 9.34. The van der Waals surface area contributed by atoms with E-state index in [0.717, 1.165) is 51.9 Å². The summed E-state index contributed by atoms with van der Waals surface area (Å²) in [5, 5.41) is 15.3. The second-order valence-corrected chi connectivity index (χ2v) is 9.87. The van der Waals surface area contributed by atoms with Crippen molar-refractivity contribution in [1.29, 1.82) is 0 Å². The third-order valence-electron chi connectivity index (χ3n) is 5.26. The van der Waals surface area contributed by atoms with Crippen LogP contribution < -0.4 is 15.5 Å². The molecule has 0 saturated carbocycles. The summed E-state index contributed by atoms with van der Waals surface area (Å²) in [5.41, 5.74) is -0.509. The Labute approximate surface area is 204 Å². The summed E-state index contributed by atoms with van der Waals surface area (Å²) in [7, 11) is 0. The largest absolute Gasteiger partial charge is 0.416 e. The van der Waals surface area contributed by atoms with Gasteiger partial charge >= 0.3 is 6.18 Å². The number of pyridine rings is 1. The molecule has 1 unspecified atom stereocenters. The van der Waals surface area contributed by atoms with Gasteiger partial charge in [0.25, 0.3) is 0 Å². The Kier molecular flexibility index (Phi) is 6.23. The van der Waals surface area contributed by atoms with Gasteiger partial charge in [-0.2, -0.15) is 18.2 Å². The lowest BCUT2D eigenvalue weighted by Gasteiger charge is -2.14. The molecule has 182 valence electrons. The Morgan fingerprint density at radius 1 is 1.17 bits per heavy atom. The molecule has 1 aliphatic rings. The van der Waals surface area contributed by atoms with Crippen molar-refractivity contribution in [3.05, 3.63) is 53.5 Å². The van der Waals surface area contributed by atoms with Crippen molar-refractivity contribution in [3.63, 3.8) is 0 Å². The highest BCUT2D eigenvalue weighted by molar-refractivity contribution is 7.22. The summed E-state index contributed by atoms with van der Waals surface area (Å²) in [6, 6.07) is 6.00. The first-order chi connectivity index (χ1) is 16.7. The highest BCUT2D eigenvalue weighted by Crippen LogP contribution is 2.32. The van der Waals surface area contributed by atoms with Crippen LogP contribution in [0.1, 0.15) is 17.5 Å². The van der Waals surface area contributed by atoms with E-state index in [1.807, 2.05) is 12.1 Å². The van der Waals surface area contributed by atoms with Crippen molar-refractivity contribution in [2.75, 3.05) is 28.6 Å². The summed E-state index contributed by atoms with van der Waals surface area (Å²) in [5.74, 6) is -1.68. The lowest BCUT2D eigenvalue weighted by molar-refractivity contribution is -0.137. The van der Waals surface area contributed by atoms with Crippen LogP contribution in [0.25, 0.3) is 10.3 Å². The maximum Gasteiger partial charge on any atom is 0.416 e. The van der Waals surface area contributed by atoms with Gasteiger partial charge in [-0.25, -0.2) is 9.37 Å².